The first-order valence-corrected chi connectivity index (χ1v) is 13.2. The van der Waals surface area contributed by atoms with Crippen LogP contribution in [-0.4, -0.2) is 30.9 Å². The van der Waals surface area contributed by atoms with E-state index in [-0.39, 0.29) is 0 Å². The summed E-state index contributed by atoms with van der Waals surface area (Å²) in [5.41, 5.74) is 0. The SMILES string of the molecule is C=CCCCCC/C=C\CCCCCCCCCCC(CC)([P+](=O)[O-])[N+](C)(C)C. The first-order valence-electron chi connectivity index (χ1n) is 12.0. The molecule has 0 rings (SSSR count). The number of quaternary nitrogens is 1. The third kappa shape index (κ3) is 12.7. The Morgan fingerprint density at radius 3 is 1.62 bits per heavy atom. The van der Waals surface area contributed by atoms with E-state index in [4.69, 9.17) is 0 Å². The van der Waals surface area contributed by atoms with Gasteiger partial charge in [0.1, 0.15) is 0 Å². The molecule has 0 N–H and O–H groups in total. The molecule has 0 aliphatic carbocycles. The second-order valence-corrected chi connectivity index (χ2v) is 10.7. The fourth-order valence-electron chi connectivity index (χ4n) is 4.15. The third-order valence-electron chi connectivity index (χ3n) is 6.30. The van der Waals surface area contributed by atoms with Crippen LogP contribution in [0.1, 0.15) is 110 Å². The highest BCUT2D eigenvalue weighted by atomic mass is 31.1. The van der Waals surface area contributed by atoms with Gasteiger partial charge < -0.3 is 4.89 Å². The maximum absolute atomic E-state index is 11.9. The summed E-state index contributed by atoms with van der Waals surface area (Å²) in [4.78, 5) is 11.9. The van der Waals surface area contributed by atoms with Crippen molar-refractivity contribution in [3.8, 4) is 0 Å². The van der Waals surface area contributed by atoms with E-state index < -0.39 is 13.3 Å². The lowest BCUT2D eigenvalue weighted by Gasteiger charge is -2.39. The van der Waals surface area contributed by atoms with Gasteiger partial charge in [-0.25, -0.2) is 0 Å². The lowest BCUT2D eigenvalue weighted by molar-refractivity contribution is -0.910. The number of hydrogen-bond acceptors (Lipinski definition) is 2. The molecule has 0 aliphatic rings. The van der Waals surface area contributed by atoms with Crippen LogP contribution in [0.15, 0.2) is 24.8 Å². The second-order valence-electron chi connectivity index (χ2n) is 9.37. The summed E-state index contributed by atoms with van der Waals surface area (Å²) in [5.74, 6) is 0. The van der Waals surface area contributed by atoms with Crippen LogP contribution in [-0.2, 0) is 4.57 Å². The van der Waals surface area contributed by atoms with Crippen molar-refractivity contribution in [3.63, 3.8) is 0 Å². The van der Waals surface area contributed by atoms with Crippen LogP contribution in [0.25, 0.3) is 0 Å². The van der Waals surface area contributed by atoms with Crippen molar-refractivity contribution in [2.45, 2.75) is 115 Å². The normalized spacial score (nSPS) is 14.9. The molecule has 0 fully saturated rings. The van der Waals surface area contributed by atoms with E-state index in [0.717, 1.165) is 25.7 Å². The Morgan fingerprint density at radius 2 is 1.21 bits per heavy atom. The monoisotopic (exact) mass is 426 g/mol. The van der Waals surface area contributed by atoms with Gasteiger partial charge in [0.25, 0.3) is 5.28 Å². The summed E-state index contributed by atoms with van der Waals surface area (Å²) in [5, 5.41) is -0.603. The maximum Gasteiger partial charge on any atom is 0.376 e. The Kier molecular flexibility index (Phi) is 16.9. The largest absolute Gasteiger partial charge is 0.590 e. The average molecular weight is 427 g/mol. The van der Waals surface area contributed by atoms with Crippen molar-refractivity contribution >= 4 is 8.03 Å². The van der Waals surface area contributed by atoms with Crippen molar-refractivity contribution in [3.05, 3.63) is 24.8 Å². The number of unbranched alkanes of at least 4 members (excludes halogenated alkanes) is 12. The lowest BCUT2D eigenvalue weighted by atomic mass is 10.0. The summed E-state index contributed by atoms with van der Waals surface area (Å²) in [7, 11) is 3.61. The smallest absolute Gasteiger partial charge is 0.376 e. The minimum absolute atomic E-state index is 0.506. The second kappa shape index (κ2) is 17.2. The molecule has 2 unspecified atom stereocenters. The quantitative estimate of drug-likeness (QED) is 0.0875. The molecule has 3 nitrogen and oxygen atoms in total. The molecule has 0 saturated heterocycles. The van der Waals surface area contributed by atoms with Crippen LogP contribution in [0, 0.1) is 0 Å². The molecule has 170 valence electrons. The molecule has 0 radical (unpaired) electrons. The molecule has 0 aliphatic heterocycles. The Balaban J connectivity index is 3.62. The van der Waals surface area contributed by atoms with Crippen molar-refractivity contribution in [1.29, 1.82) is 0 Å². The molecule has 0 aromatic rings. The molecule has 0 heterocycles. The maximum atomic E-state index is 11.9. The molecule has 2 atom stereocenters. The summed E-state index contributed by atoms with van der Waals surface area (Å²) < 4.78 is 12.4. The van der Waals surface area contributed by atoms with Crippen LogP contribution in [0.2, 0.25) is 0 Å². The minimum Gasteiger partial charge on any atom is -0.590 e. The summed E-state index contributed by atoms with van der Waals surface area (Å²) in [6, 6.07) is 0. The first-order chi connectivity index (χ1) is 13.8. The first kappa shape index (κ1) is 28.5. The van der Waals surface area contributed by atoms with E-state index in [1.165, 1.54) is 70.6 Å². The van der Waals surface area contributed by atoms with Gasteiger partial charge in [-0.3, -0.25) is 4.48 Å². The Hall–Kier alpha value is -0.500. The molecule has 0 bridgehead atoms. The highest BCUT2D eigenvalue weighted by Crippen LogP contribution is 2.44. The van der Waals surface area contributed by atoms with Crippen LogP contribution >= 0.6 is 8.03 Å². The third-order valence-corrected chi connectivity index (χ3v) is 8.12. The average Bonchev–Trinajstić information content (AvgIpc) is 2.66. The van der Waals surface area contributed by atoms with Gasteiger partial charge in [-0.15, -0.1) is 6.58 Å². The molecule has 0 saturated carbocycles. The van der Waals surface area contributed by atoms with E-state index >= 15 is 0 Å². The predicted octanol–water partition coefficient (Wildman–Crippen LogP) is 7.50. The predicted molar refractivity (Wildman–Crippen MR) is 127 cm³/mol. The van der Waals surface area contributed by atoms with Crippen LogP contribution < -0.4 is 4.89 Å². The minimum atomic E-state index is -2.42. The molecule has 29 heavy (non-hydrogen) atoms. The van der Waals surface area contributed by atoms with Gasteiger partial charge in [-0.1, -0.05) is 74.7 Å². The van der Waals surface area contributed by atoms with Crippen molar-refractivity contribution in [2.24, 2.45) is 0 Å². The van der Waals surface area contributed by atoms with Gasteiger partial charge in [0.05, 0.1) is 21.1 Å². The van der Waals surface area contributed by atoms with E-state index in [1.54, 1.807) is 0 Å². The highest BCUT2D eigenvalue weighted by molar-refractivity contribution is 7.38. The van der Waals surface area contributed by atoms with E-state index in [9.17, 15) is 9.46 Å². The van der Waals surface area contributed by atoms with Gasteiger partial charge in [-0.2, -0.15) is 0 Å². The lowest BCUT2D eigenvalue weighted by Crippen LogP contribution is -2.55. The fourth-order valence-corrected chi connectivity index (χ4v) is 5.23. The number of rotatable bonds is 20. The Morgan fingerprint density at radius 1 is 0.793 bits per heavy atom. The molecule has 4 heteroatoms. The molecule has 0 amide bonds. The van der Waals surface area contributed by atoms with Crippen molar-refractivity contribution in [1.82, 2.24) is 0 Å². The number of hydrogen-bond donors (Lipinski definition) is 0. The van der Waals surface area contributed by atoms with E-state index in [2.05, 4.69) is 18.7 Å². The molecule has 0 aromatic carbocycles. The van der Waals surface area contributed by atoms with E-state index in [1.807, 2.05) is 34.1 Å². The highest BCUT2D eigenvalue weighted by Gasteiger charge is 2.52. The van der Waals surface area contributed by atoms with Gasteiger partial charge in [-0.05, 0) is 44.9 Å². The fraction of sp³-hybridized carbons (Fsp3) is 0.840. The summed E-state index contributed by atoms with van der Waals surface area (Å²) in [6.07, 6.45) is 25.7. The number of allylic oxidation sites excluding steroid dienone is 3. The summed E-state index contributed by atoms with van der Waals surface area (Å²) >= 11 is 0. The van der Waals surface area contributed by atoms with Gasteiger partial charge in [0.15, 0.2) is 0 Å². The zero-order chi connectivity index (χ0) is 22.0. The molecule has 0 spiro atoms. The molecular weight excluding hydrogens is 377 g/mol. The molecular formula is C25H49NO2P+. The van der Waals surface area contributed by atoms with Gasteiger partial charge in [0.2, 0.25) is 0 Å². The zero-order valence-electron chi connectivity index (χ0n) is 20.0. The van der Waals surface area contributed by atoms with Gasteiger partial charge >= 0.3 is 8.03 Å². The van der Waals surface area contributed by atoms with Crippen LogP contribution in [0.3, 0.4) is 0 Å². The Labute approximate surface area is 183 Å². The van der Waals surface area contributed by atoms with Crippen LogP contribution in [0.5, 0.6) is 0 Å². The van der Waals surface area contributed by atoms with Crippen molar-refractivity contribution < 1.29 is 13.9 Å². The van der Waals surface area contributed by atoms with E-state index in [0.29, 0.717) is 10.9 Å². The zero-order valence-corrected chi connectivity index (χ0v) is 20.9. The van der Waals surface area contributed by atoms with Crippen molar-refractivity contribution in [2.75, 3.05) is 21.1 Å². The standard InChI is InChI=1S/C25H49NO2P/c1-6-8-9-10-11-12-13-14-15-16-17-18-19-20-21-22-23-24-25(7-2,29(27)28)26(3,4)5/h6,13-14H,1,7-12,15-24H2,2-5H3/q+1/b14-13-. The summed E-state index contributed by atoms with van der Waals surface area (Å²) in [6.45, 7) is 5.77. The number of nitrogens with zero attached hydrogens (tertiary/aromatic N) is 1. The van der Waals surface area contributed by atoms with Crippen LogP contribution in [0.4, 0.5) is 0 Å². The van der Waals surface area contributed by atoms with Gasteiger partial charge in [0, 0.05) is 12.8 Å². The Bertz CT molecular complexity index is 456. The molecule has 0 aromatic heterocycles. The topological polar surface area (TPSA) is 40.1 Å².